The van der Waals surface area contributed by atoms with Gasteiger partial charge in [0.15, 0.2) is 5.54 Å². The fourth-order valence-corrected chi connectivity index (χ4v) is 5.21. The summed E-state index contributed by atoms with van der Waals surface area (Å²) in [6, 6.07) is 25.9. The number of hydrogen-bond donors (Lipinski definition) is 1. The van der Waals surface area contributed by atoms with Crippen LogP contribution in [0.5, 0.6) is 0 Å². The third-order valence-corrected chi connectivity index (χ3v) is 7.01. The maximum absolute atomic E-state index is 13.8. The number of aryl methyl sites for hydroxylation is 1. The van der Waals surface area contributed by atoms with Gasteiger partial charge in [-0.15, -0.1) is 0 Å². The van der Waals surface area contributed by atoms with E-state index in [4.69, 9.17) is 0 Å². The molecule has 0 aromatic heterocycles. The molecule has 2 aliphatic rings. The molecule has 6 nitrogen and oxygen atoms in total. The highest BCUT2D eigenvalue weighted by atomic mass is 16.2. The number of amides is 4. The minimum atomic E-state index is -1.37. The van der Waals surface area contributed by atoms with Gasteiger partial charge < -0.3 is 10.2 Å². The summed E-state index contributed by atoms with van der Waals surface area (Å²) in [5.74, 6) is -0.706. The van der Waals surface area contributed by atoms with Crippen molar-refractivity contribution in [3.8, 4) is 0 Å². The summed E-state index contributed by atoms with van der Waals surface area (Å²) in [7, 11) is 1.76. The van der Waals surface area contributed by atoms with Crippen molar-refractivity contribution in [2.75, 3.05) is 13.6 Å². The molecule has 0 saturated carbocycles. The van der Waals surface area contributed by atoms with Gasteiger partial charge in [0.1, 0.15) is 6.54 Å². The predicted octanol–water partition coefficient (Wildman–Crippen LogP) is 4.02. The van der Waals surface area contributed by atoms with Crippen molar-refractivity contribution >= 4 is 17.8 Å². The van der Waals surface area contributed by atoms with Gasteiger partial charge in [0, 0.05) is 7.05 Å². The molecule has 0 unspecified atom stereocenters. The standard InChI is InChI=1S/C28H27N3O3/c1-30(24-18-10-12-20-11-8-9-17-23(20)24)25(32)19-31-26(33)28(29-27(31)34,21-13-4-2-5-14-21)22-15-6-3-7-16-22/h2-9,11,13-17,24H,10,12,18-19H2,1H3,(H,29,34)/t24-/m0/s1. The molecule has 6 heteroatoms. The number of imide groups is 1. The van der Waals surface area contributed by atoms with Crippen LogP contribution in [0.4, 0.5) is 4.79 Å². The van der Waals surface area contributed by atoms with E-state index in [1.54, 1.807) is 11.9 Å². The van der Waals surface area contributed by atoms with E-state index in [0.717, 1.165) is 29.7 Å². The highest BCUT2D eigenvalue weighted by Crippen LogP contribution is 2.37. The van der Waals surface area contributed by atoms with Crippen LogP contribution in [-0.2, 0) is 21.5 Å². The number of benzene rings is 3. The predicted molar refractivity (Wildman–Crippen MR) is 129 cm³/mol. The van der Waals surface area contributed by atoms with Gasteiger partial charge in [-0.1, -0.05) is 84.9 Å². The first-order valence-electron chi connectivity index (χ1n) is 11.6. The molecule has 34 heavy (non-hydrogen) atoms. The van der Waals surface area contributed by atoms with Gasteiger partial charge in [-0.3, -0.25) is 14.5 Å². The summed E-state index contributed by atoms with van der Waals surface area (Å²) in [5.41, 5.74) is 2.34. The van der Waals surface area contributed by atoms with Crippen LogP contribution in [0, 0.1) is 0 Å². The highest BCUT2D eigenvalue weighted by Gasteiger charge is 2.54. The Kier molecular flexibility index (Phi) is 5.65. The topological polar surface area (TPSA) is 69.7 Å². The minimum Gasteiger partial charge on any atom is -0.337 e. The average Bonchev–Trinajstić information content (AvgIpc) is 3.14. The van der Waals surface area contributed by atoms with Crippen LogP contribution in [-0.4, -0.2) is 41.2 Å². The summed E-state index contributed by atoms with van der Waals surface area (Å²) in [6.45, 7) is -0.304. The molecule has 1 heterocycles. The zero-order valence-corrected chi connectivity index (χ0v) is 19.1. The molecule has 1 aliphatic heterocycles. The van der Waals surface area contributed by atoms with E-state index in [1.165, 1.54) is 5.56 Å². The number of nitrogens with zero attached hydrogens (tertiary/aromatic N) is 2. The minimum absolute atomic E-state index is 0.0637. The van der Waals surface area contributed by atoms with Gasteiger partial charge in [0.25, 0.3) is 5.91 Å². The van der Waals surface area contributed by atoms with E-state index < -0.39 is 17.5 Å². The summed E-state index contributed by atoms with van der Waals surface area (Å²) in [6.07, 6.45) is 2.85. The largest absolute Gasteiger partial charge is 0.337 e. The molecular weight excluding hydrogens is 426 g/mol. The Balaban J connectivity index is 1.44. The fourth-order valence-electron chi connectivity index (χ4n) is 5.21. The molecule has 1 aliphatic carbocycles. The zero-order chi connectivity index (χ0) is 23.7. The summed E-state index contributed by atoms with van der Waals surface area (Å²) >= 11 is 0. The van der Waals surface area contributed by atoms with Gasteiger partial charge in [-0.05, 0) is 41.5 Å². The van der Waals surface area contributed by atoms with Crippen molar-refractivity contribution in [2.24, 2.45) is 0 Å². The maximum atomic E-state index is 13.8. The normalized spacial score (nSPS) is 18.9. The molecule has 4 amide bonds. The lowest BCUT2D eigenvalue weighted by molar-refractivity contribution is -0.139. The molecule has 0 spiro atoms. The van der Waals surface area contributed by atoms with E-state index >= 15 is 0 Å². The van der Waals surface area contributed by atoms with E-state index in [0.29, 0.717) is 11.1 Å². The number of rotatable bonds is 5. The number of carbonyl (C=O) groups is 3. The first-order valence-corrected chi connectivity index (χ1v) is 11.6. The van der Waals surface area contributed by atoms with E-state index in [9.17, 15) is 14.4 Å². The van der Waals surface area contributed by atoms with Crippen molar-refractivity contribution in [2.45, 2.75) is 30.8 Å². The molecule has 1 fully saturated rings. The molecular formula is C28H27N3O3. The number of fused-ring (bicyclic) bond motifs is 1. The lowest BCUT2D eigenvalue weighted by Crippen LogP contribution is -2.46. The lowest BCUT2D eigenvalue weighted by Gasteiger charge is -2.34. The number of nitrogens with one attached hydrogen (secondary N) is 1. The van der Waals surface area contributed by atoms with Gasteiger partial charge in [-0.2, -0.15) is 0 Å². The van der Waals surface area contributed by atoms with Crippen molar-refractivity contribution in [3.05, 3.63) is 107 Å². The lowest BCUT2D eigenvalue weighted by atomic mass is 9.82. The van der Waals surface area contributed by atoms with Gasteiger partial charge in [0.2, 0.25) is 5.91 Å². The Morgan fingerprint density at radius 1 is 0.941 bits per heavy atom. The van der Waals surface area contributed by atoms with Crippen LogP contribution >= 0.6 is 0 Å². The number of likely N-dealkylation sites (N-methyl/N-ethyl adjacent to an activating group) is 1. The van der Waals surface area contributed by atoms with Gasteiger partial charge in [-0.25, -0.2) is 4.79 Å². The second-order valence-electron chi connectivity index (χ2n) is 8.91. The second kappa shape index (κ2) is 8.78. The van der Waals surface area contributed by atoms with Crippen LogP contribution in [0.25, 0.3) is 0 Å². The Morgan fingerprint density at radius 2 is 1.53 bits per heavy atom. The molecule has 0 bridgehead atoms. The van der Waals surface area contributed by atoms with Crippen molar-refractivity contribution in [3.63, 3.8) is 0 Å². The fraction of sp³-hybridized carbons (Fsp3) is 0.250. The van der Waals surface area contributed by atoms with Crippen molar-refractivity contribution in [1.29, 1.82) is 0 Å². The number of hydrogen-bond acceptors (Lipinski definition) is 3. The molecule has 3 aromatic carbocycles. The Bertz CT molecular complexity index is 1190. The smallest absolute Gasteiger partial charge is 0.326 e. The molecule has 1 saturated heterocycles. The Hall–Kier alpha value is -3.93. The molecule has 1 N–H and O–H groups in total. The number of urea groups is 1. The van der Waals surface area contributed by atoms with Crippen LogP contribution in [0.1, 0.15) is 41.1 Å². The third kappa shape index (κ3) is 3.55. The number of carbonyl (C=O) groups excluding carboxylic acids is 3. The second-order valence-corrected chi connectivity index (χ2v) is 8.91. The summed E-state index contributed by atoms with van der Waals surface area (Å²) < 4.78 is 0. The van der Waals surface area contributed by atoms with Gasteiger partial charge >= 0.3 is 6.03 Å². The molecule has 0 radical (unpaired) electrons. The SMILES string of the molecule is CN(C(=O)CN1C(=O)NC(c2ccccc2)(c2ccccc2)C1=O)[C@H]1CCCc2ccccc21. The van der Waals surface area contributed by atoms with E-state index in [-0.39, 0.29) is 18.5 Å². The maximum Gasteiger partial charge on any atom is 0.326 e. The molecule has 172 valence electrons. The Labute approximate surface area is 199 Å². The molecule has 5 rings (SSSR count). The first-order chi connectivity index (χ1) is 16.5. The van der Waals surface area contributed by atoms with Crippen LogP contribution in [0.15, 0.2) is 84.9 Å². The van der Waals surface area contributed by atoms with Crippen LogP contribution in [0.3, 0.4) is 0 Å². The van der Waals surface area contributed by atoms with Crippen LogP contribution < -0.4 is 5.32 Å². The van der Waals surface area contributed by atoms with Crippen LogP contribution in [0.2, 0.25) is 0 Å². The van der Waals surface area contributed by atoms with Crippen molar-refractivity contribution < 1.29 is 14.4 Å². The van der Waals surface area contributed by atoms with Gasteiger partial charge in [0.05, 0.1) is 6.04 Å². The quantitative estimate of drug-likeness (QED) is 0.594. The molecule has 1 atom stereocenters. The Morgan fingerprint density at radius 3 is 2.18 bits per heavy atom. The summed E-state index contributed by atoms with van der Waals surface area (Å²) in [4.78, 5) is 43.0. The molecule has 3 aromatic rings. The van der Waals surface area contributed by atoms with E-state index in [1.807, 2.05) is 72.8 Å². The highest BCUT2D eigenvalue weighted by molar-refractivity contribution is 6.11. The first kappa shape index (κ1) is 21.9. The monoisotopic (exact) mass is 453 g/mol. The third-order valence-electron chi connectivity index (χ3n) is 7.01. The summed E-state index contributed by atoms with van der Waals surface area (Å²) in [5, 5.41) is 2.91. The average molecular weight is 454 g/mol. The zero-order valence-electron chi connectivity index (χ0n) is 19.1. The van der Waals surface area contributed by atoms with Crippen molar-refractivity contribution in [1.82, 2.24) is 15.1 Å². The van der Waals surface area contributed by atoms with E-state index in [2.05, 4.69) is 17.4 Å².